The molecule has 4 heteroatoms. The van der Waals surface area contributed by atoms with Crippen molar-refractivity contribution in [1.82, 2.24) is 0 Å². The fourth-order valence-corrected chi connectivity index (χ4v) is 2.27. The normalized spacial score (nSPS) is 26.5. The molecule has 1 saturated carbocycles. The van der Waals surface area contributed by atoms with Crippen LogP contribution in [0.4, 0.5) is 0 Å². The molecule has 2 N–H and O–H groups in total. The molecule has 2 aliphatic rings. The lowest BCUT2D eigenvalue weighted by Crippen LogP contribution is -2.48. The predicted molar refractivity (Wildman–Crippen MR) is 55.3 cm³/mol. The Morgan fingerprint density at radius 2 is 1.87 bits per heavy atom. The topological polar surface area (TPSA) is 61.6 Å². The van der Waals surface area contributed by atoms with Gasteiger partial charge in [0.15, 0.2) is 0 Å². The summed E-state index contributed by atoms with van der Waals surface area (Å²) in [7, 11) is 0. The maximum Gasteiger partial charge on any atom is 0.326 e. The first-order valence-electron chi connectivity index (χ1n) is 5.78. The third kappa shape index (κ3) is 2.49. The number of nitrogens with two attached hydrogens (primary N) is 1. The van der Waals surface area contributed by atoms with Crippen LogP contribution in [-0.4, -0.2) is 30.8 Å². The van der Waals surface area contributed by atoms with Gasteiger partial charge in [-0.2, -0.15) is 0 Å². The molecule has 0 bridgehead atoms. The summed E-state index contributed by atoms with van der Waals surface area (Å²) in [5.74, 6) is -0.202. The van der Waals surface area contributed by atoms with E-state index in [0.717, 1.165) is 38.5 Å². The van der Waals surface area contributed by atoms with Crippen LogP contribution in [0.1, 0.15) is 38.5 Å². The molecular formula is C11H19NO3. The number of hydrogen-bond donors (Lipinski definition) is 1. The molecule has 2 fully saturated rings. The molecule has 1 heterocycles. The number of carbonyl (C=O) groups excluding carboxylic acids is 1. The lowest BCUT2D eigenvalue weighted by Gasteiger charge is -2.27. The number of ether oxygens (including phenoxy) is 2. The average Bonchev–Trinajstić information content (AvgIpc) is 2.68. The van der Waals surface area contributed by atoms with E-state index in [1.165, 1.54) is 0 Å². The minimum atomic E-state index is -0.696. The summed E-state index contributed by atoms with van der Waals surface area (Å²) in [6.45, 7) is 1.38. The third-order valence-corrected chi connectivity index (χ3v) is 3.34. The van der Waals surface area contributed by atoms with Gasteiger partial charge in [-0.25, -0.2) is 0 Å². The van der Waals surface area contributed by atoms with Crippen LogP contribution in [0.2, 0.25) is 0 Å². The van der Waals surface area contributed by atoms with Crippen molar-refractivity contribution in [1.29, 1.82) is 0 Å². The molecule has 0 aromatic heterocycles. The highest BCUT2D eigenvalue weighted by atomic mass is 16.6. The first-order valence-corrected chi connectivity index (χ1v) is 5.78. The van der Waals surface area contributed by atoms with E-state index in [1.807, 2.05) is 0 Å². The van der Waals surface area contributed by atoms with Crippen molar-refractivity contribution in [2.45, 2.75) is 50.2 Å². The highest BCUT2D eigenvalue weighted by molar-refractivity contribution is 5.81. The maximum absolute atomic E-state index is 11.8. The van der Waals surface area contributed by atoms with E-state index >= 15 is 0 Å². The standard InChI is InChI=1S/C11H19NO3/c12-11(5-1-2-6-11)10(13)15-9-3-7-14-8-4-9/h9H,1-8,12H2. The smallest absolute Gasteiger partial charge is 0.326 e. The molecule has 4 nitrogen and oxygen atoms in total. The molecular weight excluding hydrogens is 194 g/mol. The molecule has 0 aromatic rings. The summed E-state index contributed by atoms with van der Waals surface area (Å²) in [5.41, 5.74) is 5.32. The minimum Gasteiger partial charge on any atom is -0.461 e. The molecule has 1 aliphatic carbocycles. The SMILES string of the molecule is NC1(C(=O)OC2CCOCC2)CCCC1. The summed E-state index contributed by atoms with van der Waals surface area (Å²) in [5, 5.41) is 0. The van der Waals surface area contributed by atoms with E-state index in [-0.39, 0.29) is 12.1 Å². The number of carbonyl (C=O) groups is 1. The molecule has 15 heavy (non-hydrogen) atoms. The first-order chi connectivity index (χ1) is 7.21. The van der Waals surface area contributed by atoms with Gasteiger partial charge in [0.1, 0.15) is 11.6 Å². The molecule has 0 radical (unpaired) electrons. The molecule has 0 spiro atoms. The summed E-state index contributed by atoms with van der Waals surface area (Å²) in [4.78, 5) is 11.8. The monoisotopic (exact) mass is 213 g/mol. The van der Waals surface area contributed by atoms with E-state index in [4.69, 9.17) is 15.2 Å². The van der Waals surface area contributed by atoms with Crippen molar-refractivity contribution in [3.8, 4) is 0 Å². The summed E-state index contributed by atoms with van der Waals surface area (Å²) in [6.07, 6.45) is 5.26. The van der Waals surface area contributed by atoms with Crippen molar-refractivity contribution in [3.05, 3.63) is 0 Å². The van der Waals surface area contributed by atoms with Gasteiger partial charge >= 0.3 is 5.97 Å². The molecule has 0 amide bonds. The second kappa shape index (κ2) is 4.49. The maximum atomic E-state index is 11.8. The Morgan fingerprint density at radius 3 is 2.47 bits per heavy atom. The quantitative estimate of drug-likeness (QED) is 0.695. The van der Waals surface area contributed by atoms with Crippen molar-refractivity contribution < 1.29 is 14.3 Å². The van der Waals surface area contributed by atoms with Crippen molar-refractivity contribution in [3.63, 3.8) is 0 Å². The zero-order chi connectivity index (χ0) is 10.7. The fourth-order valence-electron chi connectivity index (χ4n) is 2.27. The van der Waals surface area contributed by atoms with Crippen LogP contribution in [0.15, 0.2) is 0 Å². The second-order valence-corrected chi connectivity index (χ2v) is 4.58. The molecule has 0 unspecified atom stereocenters. The Labute approximate surface area is 90.1 Å². The van der Waals surface area contributed by atoms with Gasteiger partial charge in [-0.3, -0.25) is 4.79 Å². The molecule has 2 rings (SSSR count). The van der Waals surface area contributed by atoms with Crippen LogP contribution in [0.5, 0.6) is 0 Å². The van der Waals surface area contributed by atoms with Crippen LogP contribution in [0.25, 0.3) is 0 Å². The number of hydrogen-bond acceptors (Lipinski definition) is 4. The van der Waals surface area contributed by atoms with Crippen LogP contribution in [0.3, 0.4) is 0 Å². The summed E-state index contributed by atoms with van der Waals surface area (Å²) in [6, 6.07) is 0. The van der Waals surface area contributed by atoms with Crippen LogP contribution in [-0.2, 0) is 14.3 Å². The Balaban J connectivity index is 1.85. The highest BCUT2D eigenvalue weighted by Gasteiger charge is 2.39. The third-order valence-electron chi connectivity index (χ3n) is 3.34. The first kappa shape index (κ1) is 10.9. The van der Waals surface area contributed by atoms with Gasteiger partial charge in [0.05, 0.1) is 13.2 Å². The molecule has 0 aromatic carbocycles. The van der Waals surface area contributed by atoms with Gasteiger partial charge in [0, 0.05) is 12.8 Å². The Kier molecular flexibility index (Phi) is 3.26. The van der Waals surface area contributed by atoms with E-state index in [1.54, 1.807) is 0 Å². The lowest BCUT2D eigenvalue weighted by molar-refractivity contribution is -0.159. The molecule has 1 saturated heterocycles. The van der Waals surface area contributed by atoms with Gasteiger partial charge in [-0.05, 0) is 12.8 Å². The van der Waals surface area contributed by atoms with E-state index < -0.39 is 5.54 Å². The molecule has 0 atom stereocenters. The van der Waals surface area contributed by atoms with E-state index in [0.29, 0.717) is 13.2 Å². The second-order valence-electron chi connectivity index (χ2n) is 4.58. The fraction of sp³-hybridized carbons (Fsp3) is 0.909. The Hall–Kier alpha value is -0.610. The zero-order valence-electron chi connectivity index (χ0n) is 9.04. The van der Waals surface area contributed by atoms with Gasteiger partial charge in [-0.1, -0.05) is 12.8 Å². The number of esters is 1. The van der Waals surface area contributed by atoms with Crippen LogP contribution in [0, 0.1) is 0 Å². The van der Waals surface area contributed by atoms with E-state index in [9.17, 15) is 4.79 Å². The average molecular weight is 213 g/mol. The Bertz CT molecular complexity index is 230. The van der Waals surface area contributed by atoms with Gasteiger partial charge in [-0.15, -0.1) is 0 Å². The number of rotatable bonds is 2. The van der Waals surface area contributed by atoms with E-state index in [2.05, 4.69) is 0 Å². The van der Waals surface area contributed by atoms with Gasteiger partial charge in [0.2, 0.25) is 0 Å². The largest absolute Gasteiger partial charge is 0.461 e. The van der Waals surface area contributed by atoms with Crippen molar-refractivity contribution >= 4 is 5.97 Å². The molecule has 86 valence electrons. The molecule has 1 aliphatic heterocycles. The predicted octanol–water partition coefficient (Wildman–Crippen LogP) is 0.980. The van der Waals surface area contributed by atoms with Crippen LogP contribution >= 0.6 is 0 Å². The lowest BCUT2D eigenvalue weighted by atomic mass is 9.99. The van der Waals surface area contributed by atoms with Crippen LogP contribution < -0.4 is 5.73 Å². The van der Waals surface area contributed by atoms with Crippen molar-refractivity contribution in [2.75, 3.05) is 13.2 Å². The van der Waals surface area contributed by atoms with Crippen molar-refractivity contribution in [2.24, 2.45) is 5.73 Å². The van der Waals surface area contributed by atoms with Gasteiger partial charge in [0.25, 0.3) is 0 Å². The van der Waals surface area contributed by atoms with Gasteiger partial charge < -0.3 is 15.2 Å². The highest BCUT2D eigenvalue weighted by Crippen LogP contribution is 2.29. The minimum absolute atomic E-state index is 0.0206. The zero-order valence-corrected chi connectivity index (χ0v) is 9.04. The summed E-state index contributed by atoms with van der Waals surface area (Å²) < 4.78 is 10.6. The Morgan fingerprint density at radius 1 is 1.27 bits per heavy atom. The summed E-state index contributed by atoms with van der Waals surface area (Å²) >= 11 is 0.